The zero-order valence-corrected chi connectivity index (χ0v) is 35.7. The number of nitrogens with zero attached hydrogens (tertiary/aromatic N) is 3. The molecular weight excluding hydrogens is 792 g/mol. The molecule has 5 fully saturated rings. The van der Waals surface area contributed by atoms with Gasteiger partial charge in [0.25, 0.3) is 0 Å². The highest BCUT2D eigenvalue weighted by atomic mass is 35.5. The summed E-state index contributed by atoms with van der Waals surface area (Å²) in [6.45, 7) is 8.34. The number of aromatic nitrogens is 1. The number of hydrogen-bond donors (Lipinski definition) is 3. The molecule has 3 saturated carbocycles. The second-order valence-electron chi connectivity index (χ2n) is 17.6. The SMILES string of the molecule is COC(=O)[C@@]12C[C@H]1/C=C\CCCCC[C@H](NC(=O)OC1C[C@@H]3C[C@@H]3C1)C(=O)N1C[C@H](Oc3cc(NC(C)C)nc4c(Cl)c(OCCN5CCOCC5)ccc34)C[C@H]1C(=O)N2. The van der Waals surface area contributed by atoms with Gasteiger partial charge < -0.3 is 44.5 Å². The second kappa shape index (κ2) is 18.3. The van der Waals surface area contributed by atoms with E-state index in [0.29, 0.717) is 84.2 Å². The van der Waals surface area contributed by atoms with Crippen LogP contribution in [-0.4, -0.2) is 128 Å². The van der Waals surface area contributed by atoms with Crippen molar-refractivity contribution in [1.82, 2.24) is 25.4 Å². The number of benzene rings is 1. The van der Waals surface area contributed by atoms with Crippen molar-refractivity contribution in [3.63, 3.8) is 0 Å². The highest BCUT2D eigenvalue weighted by Crippen LogP contribution is 2.52. The molecule has 8 rings (SSSR count). The summed E-state index contributed by atoms with van der Waals surface area (Å²) in [5.41, 5.74) is -0.741. The topological polar surface area (TPSA) is 170 Å². The van der Waals surface area contributed by atoms with Gasteiger partial charge in [-0.25, -0.2) is 14.6 Å². The lowest BCUT2D eigenvalue weighted by atomic mass is 10.0. The van der Waals surface area contributed by atoms with E-state index in [1.807, 2.05) is 32.1 Å². The summed E-state index contributed by atoms with van der Waals surface area (Å²) in [4.78, 5) is 64.3. The number of esters is 1. The Kier molecular flexibility index (Phi) is 12.9. The molecule has 8 atom stereocenters. The smallest absolute Gasteiger partial charge is 0.408 e. The van der Waals surface area contributed by atoms with Crippen molar-refractivity contribution in [2.24, 2.45) is 17.8 Å². The molecule has 326 valence electrons. The molecule has 4 heterocycles. The molecule has 60 heavy (non-hydrogen) atoms. The second-order valence-corrected chi connectivity index (χ2v) is 18.0. The molecule has 3 amide bonds. The first-order valence-corrected chi connectivity index (χ1v) is 22.2. The molecule has 16 heteroatoms. The number of nitrogens with one attached hydrogen (secondary N) is 3. The fourth-order valence-electron chi connectivity index (χ4n) is 9.48. The van der Waals surface area contributed by atoms with Gasteiger partial charge in [0.15, 0.2) is 0 Å². The number of halogens is 1. The van der Waals surface area contributed by atoms with Crippen LogP contribution >= 0.6 is 11.6 Å². The Morgan fingerprint density at radius 3 is 2.62 bits per heavy atom. The zero-order chi connectivity index (χ0) is 42.0. The summed E-state index contributed by atoms with van der Waals surface area (Å²) < 4.78 is 29.4. The van der Waals surface area contributed by atoms with Gasteiger partial charge in [0, 0.05) is 49.5 Å². The Labute approximate surface area is 356 Å². The van der Waals surface area contributed by atoms with Crippen LogP contribution in [0.4, 0.5) is 10.6 Å². The molecule has 0 radical (unpaired) electrons. The number of methoxy groups -OCH3 is 1. The molecule has 3 aliphatic heterocycles. The van der Waals surface area contributed by atoms with Gasteiger partial charge in [0.1, 0.15) is 58.8 Å². The number of ether oxygens (including phenoxy) is 5. The van der Waals surface area contributed by atoms with Crippen molar-refractivity contribution < 1.29 is 42.9 Å². The molecule has 2 aromatic rings. The van der Waals surface area contributed by atoms with Crippen molar-refractivity contribution in [2.75, 3.05) is 58.4 Å². The van der Waals surface area contributed by atoms with Crippen LogP contribution in [0, 0.1) is 17.8 Å². The Morgan fingerprint density at radius 2 is 1.85 bits per heavy atom. The molecule has 3 N–H and O–H groups in total. The van der Waals surface area contributed by atoms with E-state index < -0.39 is 47.6 Å². The van der Waals surface area contributed by atoms with E-state index in [-0.39, 0.29) is 31.0 Å². The molecule has 1 unspecified atom stereocenters. The third-order valence-electron chi connectivity index (χ3n) is 12.9. The first-order valence-electron chi connectivity index (χ1n) is 21.9. The lowest BCUT2D eigenvalue weighted by Crippen LogP contribution is -2.56. The highest BCUT2D eigenvalue weighted by Gasteiger charge is 2.62. The fraction of sp³-hybridized carbons (Fsp3) is 0.659. The molecule has 15 nitrogen and oxygen atoms in total. The fourth-order valence-corrected chi connectivity index (χ4v) is 9.74. The summed E-state index contributed by atoms with van der Waals surface area (Å²) in [7, 11) is 1.31. The van der Waals surface area contributed by atoms with Crippen LogP contribution < -0.4 is 25.4 Å². The standard InChI is InChI=1S/C44H59ClN6O9/c1-26(2)46-37-23-36(32-11-12-35(38(45)39(32)48-37)58-18-15-50-13-16-57-17-14-50)59-31-22-34-40(52)49-44(42(54)56-3)24-29(44)9-7-5-4-6-8-10-33(41(53)51(34)25-31)47-43(55)60-30-20-27-19-28(27)21-30/h7,9,11-12,23,26-31,33-34H,4-6,8,10,13-22,24-25H2,1-3H3,(H,46,48)(H,47,55)(H,49,52)/b9-7-/t27-,28+,29-,30?,31-,33+,34+,44-/m1/s1. The summed E-state index contributed by atoms with van der Waals surface area (Å²) in [5.74, 6) is 1.13. The molecule has 0 spiro atoms. The van der Waals surface area contributed by atoms with Gasteiger partial charge in [-0.2, -0.15) is 0 Å². The van der Waals surface area contributed by atoms with Crippen LogP contribution in [0.1, 0.15) is 78.1 Å². The zero-order valence-electron chi connectivity index (χ0n) is 34.9. The van der Waals surface area contributed by atoms with Gasteiger partial charge in [-0.1, -0.05) is 36.6 Å². The number of morpholine rings is 1. The monoisotopic (exact) mass is 850 g/mol. The van der Waals surface area contributed by atoms with E-state index in [9.17, 15) is 19.2 Å². The number of carbonyl (C=O) groups excluding carboxylic acids is 4. The maximum Gasteiger partial charge on any atom is 0.408 e. The van der Waals surface area contributed by atoms with E-state index in [1.54, 1.807) is 12.1 Å². The number of rotatable bonds is 11. The van der Waals surface area contributed by atoms with Gasteiger partial charge in [0.05, 0.1) is 32.4 Å². The number of pyridine rings is 1. The molecule has 6 aliphatic rings. The quantitative estimate of drug-likeness (QED) is 0.199. The van der Waals surface area contributed by atoms with Crippen molar-refractivity contribution in [1.29, 1.82) is 0 Å². The third-order valence-corrected chi connectivity index (χ3v) is 13.3. The molecule has 2 saturated heterocycles. The molecule has 1 aromatic heterocycles. The third kappa shape index (κ3) is 9.58. The Balaban J connectivity index is 1.06. The van der Waals surface area contributed by atoms with E-state index in [1.165, 1.54) is 18.4 Å². The number of fused-ring (bicyclic) bond motifs is 4. The average Bonchev–Trinajstić information content (AvgIpc) is 4.02. The van der Waals surface area contributed by atoms with Gasteiger partial charge >= 0.3 is 12.1 Å². The number of alkyl carbamates (subject to hydrolysis) is 1. The number of allylic oxidation sites excluding steroid dienone is 1. The largest absolute Gasteiger partial charge is 0.491 e. The summed E-state index contributed by atoms with van der Waals surface area (Å²) in [5, 5.41) is 10.2. The summed E-state index contributed by atoms with van der Waals surface area (Å²) in [6.07, 6.45) is 9.61. The average molecular weight is 851 g/mol. The van der Waals surface area contributed by atoms with Crippen molar-refractivity contribution >= 4 is 52.2 Å². The first kappa shape index (κ1) is 42.4. The van der Waals surface area contributed by atoms with Crippen LogP contribution in [0.3, 0.4) is 0 Å². The van der Waals surface area contributed by atoms with E-state index >= 15 is 0 Å². The maximum atomic E-state index is 14.7. The van der Waals surface area contributed by atoms with Crippen LogP contribution in [0.15, 0.2) is 30.4 Å². The molecule has 1 aromatic carbocycles. The van der Waals surface area contributed by atoms with Gasteiger partial charge in [-0.15, -0.1) is 0 Å². The van der Waals surface area contributed by atoms with E-state index in [0.717, 1.165) is 51.7 Å². The van der Waals surface area contributed by atoms with Gasteiger partial charge in [0.2, 0.25) is 11.8 Å². The molecule has 0 bridgehead atoms. The minimum absolute atomic E-state index is 0.0428. The van der Waals surface area contributed by atoms with Crippen LogP contribution in [0.5, 0.6) is 11.5 Å². The minimum Gasteiger partial charge on any atom is -0.491 e. The predicted molar refractivity (Wildman–Crippen MR) is 224 cm³/mol. The molecule has 3 aliphatic carbocycles. The lowest BCUT2D eigenvalue weighted by Gasteiger charge is -2.29. The van der Waals surface area contributed by atoms with Crippen LogP contribution in [-0.2, 0) is 28.6 Å². The summed E-state index contributed by atoms with van der Waals surface area (Å²) >= 11 is 7.02. The lowest BCUT2D eigenvalue weighted by molar-refractivity contribution is -0.148. The van der Waals surface area contributed by atoms with Crippen LogP contribution in [0.25, 0.3) is 10.9 Å². The Hall–Kier alpha value is -4.34. The van der Waals surface area contributed by atoms with E-state index in [2.05, 4.69) is 20.9 Å². The van der Waals surface area contributed by atoms with Gasteiger partial charge in [-0.05, 0) is 82.8 Å². The van der Waals surface area contributed by atoms with Crippen LogP contribution in [0.2, 0.25) is 5.02 Å². The minimum atomic E-state index is -1.23. The summed E-state index contributed by atoms with van der Waals surface area (Å²) in [6, 6.07) is 3.59. The number of hydrogen-bond acceptors (Lipinski definition) is 12. The predicted octanol–water partition coefficient (Wildman–Crippen LogP) is 5.23. The van der Waals surface area contributed by atoms with E-state index in [4.69, 9.17) is 40.3 Å². The van der Waals surface area contributed by atoms with Crippen molar-refractivity contribution in [3.8, 4) is 11.5 Å². The number of amides is 3. The first-order chi connectivity index (χ1) is 29.0. The maximum absolute atomic E-state index is 14.7. The highest BCUT2D eigenvalue weighted by molar-refractivity contribution is 6.36. The normalized spacial score (nSPS) is 31.1. The Morgan fingerprint density at radius 1 is 1.05 bits per heavy atom. The molecular formula is C44H59ClN6O9. The number of anilines is 1. The Bertz CT molecular complexity index is 1950. The van der Waals surface area contributed by atoms with Crippen molar-refractivity contribution in [2.45, 2.75) is 114 Å². The van der Waals surface area contributed by atoms with Crippen molar-refractivity contribution in [3.05, 3.63) is 35.4 Å². The number of carbonyl (C=O) groups is 4. The van der Waals surface area contributed by atoms with Gasteiger partial charge in [-0.3, -0.25) is 14.5 Å².